The van der Waals surface area contributed by atoms with Crippen LogP contribution in [0.4, 0.5) is 0 Å². The Hall–Kier alpha value is -0.710. The van der Waals surface area contributed by atoms with Gasteiger partial charge in [0.2, 0.25) is 5.91 Å². The van der Waals surface area contributed by atoms with Gasteiger partial charge in [-0.25, -0.2) is 0 Å². The summed E-state index contributed by atoms with van der Waals surface area (Å²) >= 11 is 1.67. The topological polar surface area (TPSA) is 57.6 Å². The van der Waals surface area contributed by atoms with E-state index < -0.39 is 5.97 Å². The van der Waals surface area contributed by atoms with Gasteiger partial charge in [-0.15, -0.1) is 11.8 Å². The fraction of sp³-hybridized carbons (Fsp3) is 0.833. The predicted octanol–water partition coefficient (Wildman–Crippen LogP) is 2.23. The quantitative estimate of drug-likeness (QED) is 0.647. The smallest absolute Gasteiger partial charge is 0.303 e. The molecule has 0 aromatic carbocycles. The van der Waals surface area contributed by atoms with Crippen molar-refractivity contribution in [2.24, 2.45) is 0 Å². The van der Waals surface area contributed by atoms with E-state index >= 15 is 0 Å². The van der Waals surface area contributed by atoms with Gasteiger partial charge in [-0.05, 0) is 25.5 Å². The zero-order chi connectivity index (χ0) is 13.3. The molecule has 0 aliphatic rings. The molecule has 0 saturated heterocycles. The van der Waals surface area contributed by atoms with Gasteiger partial charge in [0.25, 0.3) is 0 Å². The first-order valence-corrected chi connectivity index (χ1v) is 7.12. The van der Waals surface area contributed by atoms with Crippen LogP contribution in [0, 0.1) is 0 Å². The summed E-state index contributed by atoms with van der Waals surface area (Å²) in [6.45, 7) is 4.56. The fourth-order valence-corrected chi connectivity index (χ4v) is 2.50. The molecule has 17 heavy (non-hydrogen) atoms. The van der Waals surface area contributed by atoms with E-state index in [9.17, 15) is 9.59 Å². The van der Waals surface area contributed by atoms with Crippen LogP contribution in [-0.2, 0) is 9.59 Å². The highest BCUT2D eigenvalue weighted by molar-refractivity contribution is 8.00. The number of rotatable bonds is 9. The van der Waals surface area contributed by atoms with Crippen LogP contribution in [0.3, 0.4) is 0 Å². The number of nitrogens with zero attached hydrogens (tertiary/aromatic N) is 1. The molecule has 0 bridgehead atoms. The van der Waals surface area contributed by atoms with Gasteiger partial charge >= 0.3 is 5.97 Å². The lowest BCUT2D eigenvalue weighted by atomic mass is 10.3. The van der Waals surface area contributed by atoms with Crippen LogP contribution in [0.1, 0.15) is 39.5 Å². The number of carbonyl (C=O) groups excluding carboxylic acids is 1. The molecule has 0 aromatic heterocycles. The first kappa shape index (κ1) is 16.3. The highest BCUT2D eigenvalue weighted by Crippen LogP contribution is 2.15. The summed E-state index contributed by atoms with van der Waals surface area (Å²) in [4.78, 5) is 23.9. The van der Waals surface area contributed by atoms with Crippen molar-refractivity contribution in [3.8, 4) is 0 Å². The number of carbonyl (C=O) groups is 2. The summed E-state index contributed by atoms with van der Waals surface area (Å²) in [5, 5.41) is 8.48. The number of amides is 1. The molecular formula is C12H23NO3S. The number of unbranched alkanes of at least 4 members (excludes halogenated alkanes) is 1. The minimum Gasteiger partial charge on any atom is -0.481 e. The van der Waals surface area contributed by atoms with E-state index in [1.807, 2.05) is 6.92 Å². The highest BCUT2D eigenvalue weighted by Gasteiger charge is 2.17. The molecule has 0 aromatic rings. The SMILES string of the molecule is CCCCSC(C)C(=O)N(C)CCCC(=O)O. The van der Waals surface area contributed by atoms with Crippen LogP contribution in [0.5, 0.6) is 0 Å². The van der Waals surface area contributed by atoms with E-state index in [2.05, 4.69) is 6.92 Å². The standard InChI is InChI=1S/C12H23NO3S/c1-4-5-9-17-10(2)12(16)13(3)8-6-7-11(14)15/h10H,4-9H2,1-3H3,(H,14,15). The lowest BCUT2D eigenvalue weighted by Gasteiger charge is -2.20. The van der Waals surface area contributed by atoms with Crippen molar-refractivity contribution in [1.29, 1.82) is 0 Å². The Morgan fingerprint density at radius 3 is 2.53 bits per heavy atom. The second-order valence-electron chi connectivity index (χ2n) is 4.12. The lowest BCUT2D eigenvalue weighted by molar-refractivity contribution is -0.137. The maximum Gasteiger partial charge on any atom is 0.303 e. The van der Waals surface area contributed by atoms with Crippen LogP contribution in [0.25, 0.3) is 0 Å². The minimum absolute atomic E-state index is 0.0311. The number of thioether (sulfide) groups is 1. The largest absolute Gasteiger partial charge is 0.481 e. The molecule has 0 aliphatic carbocycles. The van der Waals surface area contributed by atoms with Gasteiger partial charge in [0.1, 0.15) is 0 Å². The van der Waals surface area contributed by atoms with Crippen molar-refractivity contribution >= 4 is 23.6 Å². The second-order valence-corrected chi connectivity index (χ2v) is 5.57. The zero-order valence-electron chi connectivity index (χ0n) is 10.9. The summed E-state index contributed by atoms with van der Waals surface area (Å²) < 4.78 is 0. The molecule has 0 radical (unpaired) electrons. The number of hydrogen-bond donors (Lipinski definition) is 1. The van der Waals surface area contributed by atoms with Crippen LogP contribution >= 0.6 is 11.8 Å². The zero-order valence-corrected chi connectivity index (χ0v) is 11.8. The third kappa shape index (κ3) is 8.07. The number of aliphatic carboxylic acids is 1. The first-order chi connectivity index (χ1) is 7.99. The molecule has 0 aliphatic heterocycles. The van der Waals surface area contributed by atoms with Gasteiger partial charge in [0.05, 0.1) is 5.25 Å². The van der Waals surface area contributed by atoms with E-state index in [0.29, 0.717) is 13.0 Å². The average molecular weight is 261 g/mol. The van der Waals surface area contributed by atoms with Gasteiger partial charge < -0.3 is 10.0 Å². The Bertz CT molecular complexity index is 246. The van der Waals surface area contributed by atoms with E-state index in [0.717, 1.165) is 18.6 Å². The number of carboxylic acids is 1. The van der Waals surface area contributed by atoms with E-state index in [1.54, 1.807) is 23.7 Å². The van der Waals surface area contributed by atoms with E-state index in [4.69, 9.17) is 5.11 Å². The fourth-order valence-electron chi connectivity index (χ4n) is 1.36. The monoisotopic (exact) mass is 261 g/mol. The molecule has 1 atom stereocenters. The maximum atomic E-state index is 11.9. The first-order valence-electron chi connectivity index (χ1n) is 6.07. The van der Waals surface area contributed by atoms with E-state index in [-0.39, 0.29) is 17.6 Å². The molecule has 1 unspecified atom stereocenters. The molecule has 4 nitrogen and oxygen atoms in total. The Labute approximate surface area is 108 Å². The van der Waals surface area contributed by atoms with Crippen LogP contribution in [0.2, 0.25) is 0 Å². The maximum absolute atomic E-state index is 11.9. The summed E-state index contributed by atoms with van der Waals surface area (Å²) in [5.74, 6) is 0.291. The predicted molar refractivity (Wildman–Crippen MR) is 71.3 cm³/mol. The van der Waals surface area contributed by atoms with Crippen LogP contribution in [0.15, 0.2) is 0 Å². The number of hydrogen-bond acceptors (Lipinski definition) is 3. The van der Waals surface area contributed by atoms with Gasteiger partial charge in [-0.2, -0.15) is 0 Å². The molecular weight excluding hydrogens is 238 g/mol. The van der Waals surface area contributed by atoms with E-state index in [1.165, 1.54) is 0 Å². The van der Waals surface area contributed by atoms with Gasteiger partial charge in [-0.3, -0.25) is 9.59 Å². The molecule has 1 N–H and O–H groups in total. The molecule has 100 valence electrons. The number of carboxylic acid groups (broad SMARTS) is 1. The molecule has 1 amide bonds. The lowest BCUT2D eigenvalue weighted by Crippen LogP contribution is -2.34. The highest BCUT2D eigenvalue weighted by atomic mass is 32.2. The summed E-state index contributed by atoms with van der Waals surface area (Å²) in [6, 6.07) is 0. The Kier molecular flexibility index (Phi) is 8.94. The Balaban J connectivity index is 3.81. The third-order valence-corrected chi connectivity index (χ3v) is 3.70. The van der Waals surface area contributed by atoms with Gasteiger partial charge in [-0.1, -0.05) is 13.3 Å². The van der Waals surface area contributed by atoms with Crippen LogP contribution < -0.4 is 0 Å². The normalized spacial score (nSPS) is 12.2. The average Bonchev–Trinajstić information content (AvgIpc) is 2.27. The van der Waals surface area contributed by atoms with Crippen LogP contribution in [-0.4, -0.2) is 46.5 Å². The van der Waals surface area contributed by atoms with Crippen molar-refractivity contribution in [2.45, 2.75) is 44.8 Å². The van der Waals surface area contributed by atoms with Crippen molar-refractivity contribution in [2.75, 3.05) is 19.3 Å². The second kappa shape index (κ2) is 9.33. The van der Waals surface area contributed by atoms with Gasteiger partial charge in [0.15, 0.2) is 0 Å². The summed E-state index contributed by atoms with van der Waals surface area (Å²) in [7, 11) is 1.74. The van der Waals surface area contributed by atoms with Crippen molar-refractivity contribution in [1.82, 2.24) is 4.90 Å². The Morgan fingerprint density at radius 1 is 1.35 bits per heavy atom. The van der Waals surface area contributed by atoms with Crippen molar-refractivity contribution < 1.29 is 14.7 Å². The van der Waals surface area contributed by atoms with Gasteiger partial charge in [0, 0.05) is 20.0 Å². The molecule has 0 rings (SSSR count). The third-order valence-electron chi connectivity index (χ3n) is 2.47. The summed E-state index contributed by atoms with van der Waals surface area (Å²) in [5.41, 5.74) is 0. The molecule has 0 fully saturated rings. The van der Waals surface area contributed by atoms with Crippen molar-refractivity contribution in [3.63, 3.8) is 0 Å². The molecule has 0 saturated carbocycles. The summed E-state index contributed by atoms with van der Waals surface area (Å²) in [6.07, 6.45) is 2.91. The minimum atomic E-state index is -0.809. The van der Waals surface area contributed by atoms with Crippen molar-refractivity contribution in [3.05, 3.63) is 0 Å². The molecule has 0 heterocycles. The molecule has 0 spiro atoms. The Morgan fingerprint density at radius 2 is 2.00 bits per heavy atom. The molecule has 5 heteroatoms.